The van der Waals surface area contributed by atoms with Crippen molar-refractivity contribution in [2.24, 2.45) is 7.05 Å². The maximum atomic E-state index is 4.87. The quantitative estimate of drug-likeness (QED) is 0.549. The molecule has 0 aliphatic heterocycles. The van der Waals surface area contributed by atoms with Crippen molar-refractivity contribution in [2.45, 2.75) is 45.4 Å². The summed E-state index contributed by atoms with van der Waals surface area (Å²) in [6.45, 7) is 5.78. The molecule has 1 aliphatic carbocycles. The highest BCUT2D eigenvalue weighted by Crippen LogP contribution is 2.47. The van der Waals surface area contributed by atoms with Crippen molar-refractivity contribution < 1.29 is 0 Å². The van der Waals surface area contributed by atoms with E-state index < -0.39 is 0 Å². The minimum absolute atomic E-state index is 0.426. The van der Waals surface area contributed by atoms with E-state index in [1.54, 1.807) is 4.68 Å². The number of hydrogen-bond acceptors (Lipinski definition) is 5. The number of hydrogen-bond donors (Lipinski definition) is 0. The molecule has 142 valence electrons. The van der Waals surface area contributed by atoms with Crippen molar-refractivity contribution in [1.82, 2.24) is 34.3 Å². The van der Waals surface area contributed by atoms with Gasteiger partial charge < -0.3 is 4.57 Å². The predicted molar refractivity (Wildman–Crippen MR) is 107 cm³/mol. The van der Waals surface area contributed by atoms with Crippen molar-refractivity contribution in [3.8, 4) is 5.82 Å². The van der Waals surface area contributed by atoms with Gasteiger partial charge in [-0.25, -0.2) is 19.9 Å². The number of aryl methyl sites for hydroxylation is 4. The Morgan fingerprint density at radius 1 is 0.893 bits per heavy atom. The minimum Gasteiger partial charge on any atom is -0.331 e. The van der Waals surface area contributed by atoms with Crippen LogP contribution in [0.25, 0.3) is 16.9 Å². The van der Waals surface area contributed by atoms with E-state index in [-0.39, 0.29) is 0 Å². The first kappa shape index (κ1) is 17.0. The molecule has 5 rings (SSSR count). The van der Waals surface area contributed by atoms with Gasteiger partial charge in [-0.2, -0.15) is 4.68 Å². The fourth-order valence-corrected chi connectivity index (χ4v) is 4.23. The largest absolute Gasteiger partial charge is 0.331 e. The van der Waals surface area contributed by atoms with E-state index in [4.69, 9.17) is 9.97 Å². The van der Waals surface area contributed by atoms with Crippen LogP contribution in [0.5, 0.6) is 0 Å². The molecule has 0 bridgehead atoms. The number of benzene rings is 1. The molecule has 3 aromatic heterocycles. The van der Waals surface area contributed by atoms with E-state index in [2.05, 4.69) is 50.9 Å². The van der Waals surface area contributed by atoms with E-state index in [0.29, 0.717) is 11.8 Å². The van der Waals surface area contributed by atoms with Gasteiger partial charge in [0.1, 0.15) is 23.3 Å². The second kappa shape index (κ2) is 6.22. The van der Waals surface area contributed by atoms with Crippen LogP contribution in [0.3, 0.4) is 0 Å². The first-order valence-corrected chi connectivity index (χ1v) is 9.67. The Bertz CT molecular complexity index is 1180. The number of imidazole rings is 1. The molecular weight excluding hydrogens is 350 g/mol. The van der Waals surface area contributed by atoms with E-state index >= 15 is 0 Å². The third-order valence-corrected chi connectivity index (χ3v) is 5.68. The molecule has 1 aliphatic rings. The Balaban J connectivity index is 1.41. The Labute approximate surface area is 163 Å². The number of para-hydroxylation sites is 2. The van der Waals surface area contributed by atoms with Crippen molar-refractivity contribution in [2.75, 3.05) is 0 Å². The second-order valence-corrected chi connectivity index (χ2v) is 7.70. The molecule has 1 saturated carbocycles. The van der Waals surface area contributed by atoms with Crippen LogP contribution in [-0.2, 0) is 7.05 Å². The topological polar surface area (TPSA) is 74.3 Å². The van der Waals surface area contributed by atoms with Crippen LogP contribution in [0.1, 0.15) is 53.7 Å². The van der Waals surface area contributed by atoms with E-state index in [1.165, 1.54) is 11.3 Å². The first-order chi connectivity index (χ1) is 13.5. The highest BCUT2D eigenvalue weighted by molar-refractivity contribution is 5.75. The van der Waals surface area contributed by atoms with E-state index in [1.807, 2.05) is 26.8 Å². The van der Waals surface area contributed by atoms with Gasteiger partial charge in [-0.3, -0.25) is 0 Å². The molecule has 0 amide bonds. The van der Waals surface area contributed by atoms with Crippen LogP contribution in [0.15, 0.2) is 30.3 Å². The zero-order valence-electron chi connectivity index (χ0n) is 16.6. The van der Waals surface area contributed by atoms with Gasteiger partial charge >= 0.3 is 0 Å². The van der Waals surface area contributed by atoms with E-state index in [0.717, 1.165) is 47.3 Å². The van der Waals surface area contributed by atoms with Gasteiger partial charge in [0.2, 0.25) is 0 Å². The number of aromatic nitrogens is 7. The van der Waals surface area contributed by atoms with Gasteiger partial charge in [0.25, 0.3) is 0 Å². The first-order valence-electron chi connectivity index (χ1n) is 9.67. The lowest BCUT2D eigenvalue weighted by atomic mass is 9.72. The summed E-state index contributed by atoms with van der Waals surface area (Å²) in [4.78, 5) is 18.5. The Morgan fingerprint density at radius 2 is 1.68 bits per heavy atom. The molecule has 0 saturated heterocycles. The lowest BCUT2D eigenvalue weighted by molar-refractivity contribution is 0.326. The van der Waals surface area contributed by atoms with Crippen molar-refractivity contribution in [3.63, 3.8) is 0 Å². The summed E-state index contributed by atoms with van der Waals surface area (Å²) in [5, 5.41) is 4.47. The van der Waals surface area contributed by atoms with Crippen molar-refractivity contribution in [3.05, 3.63) is 59.3 Å². The highest BCUT2D eigenvalue weighted by Gasteiger charge is 2.35. The summed E-state index contributed by atoms with van der Waals surface area (Å²) >= 11 is 0. The molecule has 4 aromatic rings. The summed E-state index contributed by atoms with van der Waals surface area (Å²) in [6.07, 6.45) is 2.12. The van der Waals surface area contributed by atoms with Crippen molar-refractivity contribution in [1.29, 1.82) is 0 Å². The van der Waals surface area contributed by atoms with Gasteiger partial charge in [-0.1, -0.05) is 12.1 Å². The van der Waals surface area contributed by atoms with Crippen LogP contribution in [0.2, 0.25) is 0 Å². The summed E-state index contributed by atoms with van der Waals surface area (Å²) in [7, 11) is 2.11. The third kappa shape index (κ3) is 2.69. The normalized spacial score (nSPS) is 19.1. The summed E-state index contributed by atoms with van der Waals surface area (Å²) in [5.74, 6) is 5.23. The van der Waals surface area contributed by atoms with Gasteiger partial charge in [0, 0.05) is 30.6 Å². The monoisotopic (exact) mass is 373 g/mol. The lowest BCUT2D eigenvalue weighted by Crippen LogP contribution is -2.24. The molecule has 0 unspecified atom stereocenters. The zero-order valence-corrected chi connectivity index (χ0v) is 16.6. The summed E-state index contributed by atoms with van der Waals surface area (Å²) in [6, 6.07) is 10.4. The van der Waals surface area contributed by atoms with E-state index in [9.17, 15) is 0 Å². The molecule has 0 radical (unpaired) electrons. The van der Waals surface area contributed by atoms with Gasteiger partial charge in [0.05, 0.1) is 11.0 Å². The third-order valence-electron chi connectivity index (χ3n) is 5.68. The molecule has 0 N–H and O–H groups in total. The number of nitrogens with zero attached hydrogens (tertiary/aromatic N) is 7. The minimum atomic E-state index is 0.426. The summed E-state index contributed by atoms with van der Waals surface area (Å²) < 4.78 is 4.03. The van der Waals surface area contributed by atoms with Crippen LogP contribution < -0.4 is 0 Å². The molecule has 3 heterocycles. The molecule has 7 nitrogen and oxygen atoms in total. The number of fused-ring (bicyclic) bond motifs is 1. The van der Waals surface area contributed by atoms with Crippen LogP contribution >= 0.6 is 0 Å². The average Bonchev–Trinajstić information content (AvgIpc) is 3.13. The molecule has 0 atom stereocenters. The fraction of sp³-hybridized carbons (Fsp3) is 0.381. The average molecular weight is 373 g/mol. The van der Waals surface area contributed by atoms with Crippen LogP contribution in [-0.4, -0.2) is 34.3 Å². The Morgan fingerprint density at radius 3 is 2.39 bits per heavy atom. The predicted octanol–water partition coefficient (Wildman–Crippen LogP) is 3.53. The molecule has 28 heavy (non-hydrogen) atoms. The smallest absolute Gasteiger partial charge is 0.159 e. The maximum Gasteiger partial charge on any atom is 0.159 e. The Kier molecular flexibility index (Phi) is 3.79. The molecular formula is C21H23N7. The van der Waals surface area contributed by atoms with Crippen LogP contribution in [0, 0.1) is 20.8 Å². The highest BCUT2D eigenvalue weighted by atomic mass is 15.4. The molecule has 7 heteroatoms. The molecule has 1 fully saturated rings. The van der Waals surface area contributed by atoms with Gasteiger partial charge in [0.15, 0.2) is 5.82 Å². The zero-order chi connectivity index (χ0) is 19.4. The maximum absolute atomic E-state index is 4.87. The van der Waals surface area contributed by atoms with Gasteiger partial charge in [-0.15, -0.1) is 5.10 Å². The SMILES string of the molecule is Cc1nc(-n2nc(C)nc2C)cc([C@H]2C[C@H](c3nc4ccccc4n3C)C2)n1. The molecule has 0 spiro atoms. The molecule has 1 aromatic carbocycles. The second-order valence-electron chi connectivity index (χ2n) is 7.70. The Hall–Kier alpha value is -3.09. The fourth-order valence-electron chi connectivity index (χ4n) is 4.23. The number of rotatable bonds is 3. The summed E-state index contributed by atoms with van der Waals surface area (Å²) in [5.41, 5.74) is 3.35. The van der Waals surface area contributed by atoms with Crippen molar-refractivity contribution >= 4 is 11.0 Å². The van der Waals surface area contributed by atoms with Crippen LogP contribution in [0.4, 0.5) is 0 Å². The standard InChI is InChI=1S/C21H23N7/c1-12-23-18(11-20(24-12)28-14(3)22-13(2)26-28)15-9-16(10-15)21-25-17-7-5-6-8-19(17)27(21)4/h5-8,11,15-16H,9-10H2,1-4H3/t15-,16-. The van der Waals surface area contributed by atoms with Gasteiger partial charge in [-0.05, 0) is 45.7 Å². The lowest BCUT2D eigenvalue weighted by Gasteiger charge is -2.34.